The van der Waals surface area contributed by atoms with Crippen LogP contribution in [-0.2, 0) is 11.4 Å². The van der Waals surface area contributed by atoms with Gasteiger partial charge in [0.1, 0.15) is 18.2 Å². The number of nitrogens with zero attached hydrogens (tertiary/aromatic N) is 2. The molecule has 0 fully saturated rings. The van der Waals surface area contributed by atoms with Gasteiger partial charge in [0.25, 0.3) is 5.91 Å². The Morgan fingerprint density at radius 1 is 1.18 bits per heavy atom. The molecule has 0 radical (unpaired) electrons. The molecule has 1 amide bonds. The average molecular weight is 588 g/mol. The smallest absolute Gasteiger partial charge is 0.266 e. The van der Waals surface area contributed by atoms with E-state index in [0.717, 1.165) is 14.8 Å². The number of amides is 1. The highest BCUT2D eigenvalue weighted by Gasteiger charge is 2.15. The van der Waals surface area contributed by atoms with E-state index in [9.17, 15) is 10.1 Å². The summed E-state index contributed by atoms with van der Waals surface area (Å²) in [5.41, 5.74) is 3.08. The highest BCUT2D eigenvalue weighted by Crippen LogP contribution is 2.35. The number of methoxy groups -OCH3 is 1. The Bertz CT molecular complexity index is 1250. The van der Waals surface area contributed by atoms with E-state index in [-0.39, 0.29) is 12.2 Å². The zero-order valence-electron chi connectivity index (χ0n) is 18.9. The zero-order chi connectivity index (χ0) is 24.7. The molecule has 0 unspecified atom stereocenters. The molecule has 34 heavy (non-hydrogen) atoms. The van der Waals surface area contributed by atoms with Crippen LogP contribution < -0.4 is 19.7 Å². The van der Waals surface area contributed by atoms with E-state index in [1.165, 1.54) is 13.2 Å². The van der Waals surface area contributed by atoms with Gasteiger partial charge in [-0.3, -0.25) is 4.79 Å². The molecule has 0 aromatic heterocycles. The summed E-state index contributed by atoms with van der Waals surface area (Å²) in [6.45, 7) is 0.277. The van der Waals surface area contributed by atoms with E-state index in [0.29, 0.717) is 27.8 Å². The van der Waals surface area contributed by atoms with Crippen LogP contribution in [0.4, 0.5) is 11.4 Å². The third kappa shape index (κ3) is 6.43. The molecule has 0 aliphatic carbocycles. The standard InChI is InChI=1S/C26H23ClIN3O3/c1-31(2)21-10-8-20(9-11-21)30-26(32)19(15-29)12-17-13-23(28)25(24(14-17)33-3)34-16-18-6-4-5-7-22(18)27/h4-14H,16H2,1-3H3,(H,30,32)/b19-12-. The molecule has 0 aliphatic rings. The number of carbonyl (C=O) groups is 1. The van der Waals surface area contributed by atoms with Crippen LogP contribution in [0.5, 0.6) is 11.5 Å². The largest absolute Gasteiger partial charge is 0.493 e. The predicted molar refractivity (Wildman–Crippen MR) is 144 cm³/mol. The van der Waals surface area contributed by atoms with Crippen molar-refractivity contribution in [2.45, 2.75) is 6.61 Å². The molecule has 0 aliphatic heterocycles. The molecule has 3 aromatic carbocycles. The molecule has 0 saturated carbocycles. The first-order chi connectivity index (χ1) is 16.3. The van der Waals surface area contributed by atoms with Crippen molar-refractivity contribution in [3.63, 3.8) is 0 Å². The summed E-state index contributed by atoms with van der Waals surface area (Å²) in [6, 6.07) is 20.3. The maximum Gasteiger partial charge on any atom is 0.266 e. The Morgan fingerprint density at radius 3 is 2.50 bits per heavy atom. The molecule has 174 valence electrons. The van der Waals surface area contributed by atoms with Crippen LogP contribution in [0.2, 0.25) is 5.02 Å². The molecule has 1 N–H and O–H groups in total. The van der Waals surface area contributed by atoms with Gasteiger partial charge in [0.05, 0.1) is 10.7 Å². The maximum atomic E-state index is 12.7. The Hall–Kier alpha value is -3.22. The second-order valence-electron chi connectivity index (χ2n) is 7.48. The van der Waals surface area contributed by atoms with Gasteiger partial charge < -0.3 is 19.7 Å². The van der Waals surface area contributed by atoms with Gasteiger partial charge in [-0.2, -0.15) is 5.26 Å². The van der Waals surface area contributed by atoms with Crippen molar-refractivity contribution < 1.29 is 14.3 Å². The fourth-order valence-corrected chi connectivity index (χ4v) is 4.06. The first kappa shape index (κ1) is 25.4. The average Bonchev–Trinajstić information content (AvgIpc) is 2.82. The molecule has 0 bridgehead atoms. The van der Waals surface area contributed by atoms with Gasteiger partial charge in [0.15, 0.2) is 11.5 Å². The number of nitrogens with one attached hydrogen (secondary N) is 1. The maximum absolute atomic E-state index is 12.7. The molecular formula is C26H23ClIN3O3. The van der Waals surface area contributed by atoms with Gasteiger partial charge >= 0.3 is 0 Å². The highest BCUT2D eigenvalue weighted by atomic mass is 127. The van der Waals surface area contributed by atoms with Crippen LogP contribution in [0.1, 0.15) is 11.1 Å². The lowest BCUT2D eigenvalue weighted by Gasteiger charge is -2.14. The number of hydrogen-bond donors (Lipinski definition) is 1. The number of ether oxygens (including phenoxy) is 2. The van der Waals surface area contributed by atoms with E-state index in [2.05, 4.69) is 27.9 Å². The Kier molecular flexibility index (Phi) is 8.79. The molecule has 6 nitrogen and oxygen atoms in total. The molecule has 0 spiro atoms. The minimum Gasteiger partial charge on any atom is -0.493 e. The molecule has 3 rings (SSSR count). The number of hydrogen-bond acceptors (Lipinski definition) is 5. The van der Waals surface area contributed by atoms with Crippen molar-refractivity contribution >= 4 is 57.5 Å². The van der Waals surface area contributed by atoms with Crippen LogP contribution in [0.3, 0.4) is 0 Å². The normalized spacial score (nSPS) is 10.9. The molecule has 0 atom stereocenters. The molecular weight excluding hydrogens is 565 g/mol. The quantitative estimate of drug-likeness (QED) is 0.195. The van der Waals surface area contributed by atoms with E-state index < -0.39 is 5.91 Å². The van der Waals surface area contributed by atoms with E-state index in [1.54, 1.807) is 24.3 Å². The van der Waals surface area contributed by atoms with Gasteiger partial charge in [-0.15, -0.1) is 0 Å². The lowest BCUT2D eigenvalue weighted by Crippen LogP contribution is -2.14. The number of carbonyl (C=O) groups excluding carboxylic acids is 1. The first-order valence-electron chi connectivity index (χ1n) is 10.3. The second-order valence-corrected chi connectivity index (χ2v) is 9.05. The van der Waals surface area contributed by atoms with Gasteiger partial charge in [-0.05, 0) is 76.7 Å². The Balaban J connectivity index is 1.80. The summed E-state index contributed by atoms with van der Waals surface area (Å²) in [5.74, 6) is 0.555. The summed E-state index contributed by atoms with van der Waals surface area (Å²) in [5, 5.41) is 13.0. The lowest BCUT2D eigenvalue weighted by atomic mass is 10.1. The van der Waals surface area contributed by atoms with E-state index in [1.807, 2.05) is 61.5 Å². The summed E-state index contributed by atoms with van der Waals surface area (Å²) in [6.07, 6.45) is 1.52. The van der Waals surface area contributed by atoms with Crippen LogP contribution >= 0.6 is 34.2 Å². The van der Waals surface area contributed by atoms with Crippen LogP contribution in [0.25, 0.3) is 6.08 Å². The summed E-state index contributed by atoms with van der Waals surface area (Å²) < 4.78 is 12.3. The minimum absolute atomic E-state index is 0.0284. The van der Waals surface area contributed by atoms with Crippen molar-refractivity contribution in [3.05, 3.63) is 86.0 Å². The van der Waals surface area contributed by atoms with Crippen molar-refractivity contribution in [2.24, 2.45) is 0 Å². The number of anilines is 2. The molecule has 3 aromatic rings. The third-order valence-corrected chi connectivity index (χ3v) is 6.07. The van der Waals surface area contributed by atoms with Crippen molar-refractivity contribution in [3.8, 4) is 17.6 Å². The summed E-state index contributed by atoms with van der Waals surface area (Å²) in [4.78, 5) is 14.6. The Labute approximate surface area is 217 Å². The fraction of sp³-hybridized carbons (Fsp3) is 0.154. The number of nitriles is 1. The fourth-order valence-electron chi connectivity index (χ4n) is 3.09. The zero-order valence-corrected chi connectivity index (χ0v) is 21.8. The number of rotatable bonds is 8. The van der Waals surface area contributed by atoms with Crippen LogP contribution in [0, 0.1) is 14.9 Å². The monoisotopic (exact) mass is 587 g/mol. The van der Waals surface area contributed by atoms with Crippen LogP contribution in [-0.4, -0.2) is 27.1 Å². The van der Waals surface area contributed by atoms with Gasteiger partial charge in [0, 0.05) is 36.1 Å². The van der Waals surface area contributed by atoms with Crippen molar-refractivity contribution in [1.82, 2.24) is 0 Å². The van der Waals surface area contributed by atoms with Crippen molar-refractivity contribution in [2.75, 3.05) is 31.4 Å². The highest BCUT2D eigenvalue weighted by molar-refractivity contribution is 14.1. The van der Waals surface area contributed by atoms with Gasteiger partial charge in [0.2, 0.25) is 0 Å². The van der Waals surface area contributed by atoms with E-state index in [4.69, 9.17) is 21.1 Å². The first-order valence-corrected chi connectivity index (χ1v) is 11.7. The van der Waals surface area contributed by atoms with E-state index >= 15 is 0 Å². The second kappa shape index (κ2) is 11.8. The van der Waals surface area contributed by atoms with Crippen LogP contribution in [0.15, 0.2) is 66.2 Å². The topological polar surface area (TPSA) is 74.6 Å². The molecule has 0 saturated heterocycles. The van der Waals surface area contributed by atoms with Gasteiger partial charge in [-0.25, -0.2) is 0 Å². The number of halogens is 2. The molecule has 0 heterocycles. The Morgan fingerprint density at radius 2 is 1.88 bits per heavy atom. The predicted octanol–water partition coefficient (Wildman–Crippen LogP) is 6.14. The van der Waals surface area contributed by atoms with Gasteiger partial charge in [-0.1, -0.05) is 29.8 Å². The lowest BCUT2D eigenvalue weighted by molar-refractivity contribution is -0.112. The SMILES string of the molecule is COc1cc(/C=C(/C#N)C(=O)Nc2ccc(N(C)C)cc2)cc(I)c1OCc1ccccc1Cl. The molecule has 8 heteroatoms. The number of benzene rings is 3. The third-order valence-electron chi connectivity index (χ3n) is 4.90. The van der Waals surface area contributed by atoms with Crippen molar-refractivity contribution in [1.29, 1.82) is 5.26 Å². The summed E-state index contributed by atoms with van der Waals surface area (Å²) >= 11 is 8.35. The minimum atomic E-state index is -0.492. The summed E-state index contributed by atoms with van der Waals surface area (Å²) in [7, 11) is 5.41.